The van der Waals surface area contributed by atoms with Gasteiger partial charge in [-0.2, -0.15) is 11.8 Å². The fourth-order valence-electron chi connectivity index (χ4n) is 1.48. The molecule has 2 heteroatoms. The first-order chi connectivity index (χ1) is 7.80. The maximum atomic E-state index is 11.9. The van der Waals surface area contributed by atoms with Gasteiger partial charge in [0.1, 0.15) is 0 Å². The predicted octanol–water partition coefficient (Wildman–Crippen LogP) is 4.31. The summed E-state index contributed by atoms with van der Waals surface area (Å²) in [4.78, 5) is 11.9. The van der Waals surface area contributed by atoms with Crippen molar-refractivity contribution in [3.8, 4) is 0 Å². The van der Waals surface area contributed by atoms with Crippen molar-refractivity contribution in [2.45, 2.75) is 45.3 Å². The van der Waals surface area contributed by atoms with E-state index in [0.717, 1.165) is 5.56 Å². The summed E-state index contributed by atoms with van der Waals surface area (Å²) in [5, 5.41) is 0.507. The van der Waals surface area contributed by atoms with E-state index in [2.05, 4.69) is 46.8 Å². The van der Waals surface area contributed by atoms with Crippen molar-refractivity contribution in [1.29, 1.82) is 0 Å². The van der Waals surface area contributed by atoms with Crippen molar-refractivity contribution in [1.82, 2.24) is 0 Å². The Kier molecular flexibility index (Phi) is 4.81. The Morgan fingerprint density at radius 1 is 1.18 bits per heavy atom. The summed E-state index contributed by atoms with van der Waals surface area (Å²) in [7, 11) is 0. The van der Waals surface area contributed by atoms with Gasteiger partial charge in [-0.1, -0.05) is 58.9 Å². The number of hydrogen-bond donors (Lipinski definition) is 0. The van der Waals surface area contributed by atoms with Crippen molar-refractivity contribution in [2.24, 2.45) is 0 Å². The largest absolute Gasteiger partial charge is 0.293 e. The van der Waals surface area contributed by atoms with Crippen LogP contribution in [-0.2, 0) is 5.41 Å². The van der Waals surface area contributed by atoms with Crippen LogP contribution in [0.5, 0.6) is 0 Å². The van der Waals surface area contributed by atoms with Crippen LogP contribution in [-0.4, -0.2) is 16.8 Å². The Morgan fingerprint density at radius 3 is 2.12 bits per heavy atom. The maximum absolute atomic E-state index is 11.9. The normalized spacial score (nSPS) is 11.9. The molecule has 1 aromatic rings. The number of ketones is 1. The van der Waals surface area contributed by atoms with E-state index in [4.69, 9.17) is 0 Å². The highest BCUT2D eigenvalue weighted by atomic mass is 32.2. The summed E-state index contributed by atoms with van der Waals surface area (Å²) < 4.78 is 0. The van der Waals surface area contributed by atoms with Crippen molar-refractivity contribution >= 4 is 17.5 Å². The van der Waals surface area contributed by atoms with Crippen LogP contribution in [0.25, 0.3) is 0 Å². The van der Waals surface area contributed by atoms with E-state index < -0.39 is 0 Å². The summed E-state index contributed by atoms with van der Waals surface area (Å²) in [6, 6.07) is 8.02. The molecule has 0 heterocycles. The molecule has 1 aromatic carbocycles. The average molecular weight is 250 g/mol. The van der Waals surface area contributed by atoms with Gasteiger partial charge in [-0.15, -0.1) is 0 Å². The minimum atomic E-state index is 0.147. The highest BCUT2D eigenvalue weighted by molar-refractivity contribution is 8.00. The van der Waals surface area contributed by atoms with Crippen LogP contribution in [0.1, 0.15) is 50.5 Å². The van der Waals surface area contributed by atoms with Gasteiger partial charge in [-0.25, -0.2) is 0 Å². The molecule has 0 aliphatic heterocycles. The Bertz CT molecular complexity index is 371. The van der Waals surface area contributed by atoms with Crippen LogP contribution in [0.4, 0.5) is 0 Å². The molecular formula is C15H22OS. The highest BCUT2D eigenvalue weighted by Crippen LogP contribution is 2.22. The molecule has 0 saturated heterocycles. The molecular weight excluding hydrogens is 228 g/mol. The van der Waals surface area contributed by atoms with E-state index in [-0.39, 0.29) is 11.2 Å². The van der Waals surface area contributed by atoms with E-state index in [0.29, 0.717) is 11.0 Å². The molecule has 0 unspecified atom stereocenters. The number of carbonyl (C=O) groups is 1. The summed E-state index contributed by atoms with van der Waals surface area (Å²) in [6.07, 6.45) is 0. The molecule has 0 fully saturated rings. The Morgan fingerprint density at radius 2 is 1.71 bits per heavy atom. The van der Waals surface area contributed by atoms with Crippen LogP contribution in [0.3, 0.4) is 0 Å². The third-order valence-corrected chi connectivity index (χ3v) is 3.72. The molecule has 94 valence electrons. The maximum Gasteiger partial charge on any atom is 0.172 e. The number of hydrogen-bond acceptors (Lipinski definition) is 2. The van der Waals surface area contributed by atoms with E-state index in [1.165, 1.54) is 5.56 Å². The summed E-state index contributed by atoms with van der Waals surface area (Å²) in [6.45, 7) is 10.8. The minimum absolute atomic E-state index is 0.147. The van der Waals surface area contributed by atoms with Crippen LogP contribution < -0.4 is 0 Å². The topological polar surface area (TPSA) is 17.1 Å². The van der Waals surface area contributed by atoms with Crippen molar-refractivity contribution in [3.63, 3.8) is 0 Å². The van der Waals surface area contributed by atoms with Crippen LogP contribution in [0.15, 0.2) is 24.3 Å². The van der Waals surface area contributed by atoms with Gasteiger partial charge in [-0.05, 0) is 16.2 Å². The van der Waals surface area contributed by atoms with Crippen molar-refractivity contribution in [2.75, 3.05) is 5.75 Å². The van der Waals surface area contributed by atoms with E-state index in [1.807, 2.05) is 12.1 Å². The van der Waals surface area contributed by atoms with E-state index in [9.17, 15) is 4.79 Å². The van der Waals surface area contributed by atoms with Crippen LogP contribution in [0, 0.1) is 0 Å². The smallest absolute Gasteiger partial charge is 0.172 e. The molecule has 0 aliphatic carbocycles. The lowest BCUT2D eigenvalue weighted by atomic mass is 9.86. The average Bonchev–Trinajstić information content (AvgIpc) is 2.25. The predicted molar refractivity (Wildman–Crippen MR) is 77.1 cm³/mol. The van der Waals surface area contributed by atoms with Crippen molar-refractivity contribution in [3.05, 3.63) is 35.4 Å². The number of benzene rings is 1. The van der Waals surface area contributed by atoms with Crippen molar-refractivity contribution < 1.29 is 4.79 Å². The lowest BCUT2D eigenvalue weighted by Gasteiger charge is -2.19. The van der Waals surface area contributed by atoms with Crippen LogP contribution >= 0.6 is 11.8 Å². The summed E-state index contributed by atoms with van der Waals surface area (Å²) >= 11 is 1.69. The van der Waals surface area contributed by atoms with Gasteiger partial charge in [0.15, 0.2) is 5.78 Å². The van der Waals surface area contributed by atoms with E-state index >= 15 is 0 Å². The molecule has 0 spiro atoms. The molecule has 0 N–H and O–H groups in total. The summed E-state index contributed by atoms with van der Waals surface area (Å²) in [5.41, 5.74) is 2.24. The molecule has 0 amide bonds. The second kappa shape index (κ2) is 5.72. The van der Waals surface area contributed by atoms with Gasteiger partial charge in [0.2, 0.25) is 0 Å². The second-order valence-electron chi connectivity index (χ2n) is 5.61. The number of carbonyl (C=O) groups excluding carboxylic acids is 1. The molecule has 17 heavy (non-hydrogen) atoms. The molecule has 1 rings (SSSR count). The molecule has 1 nitrogen and oxygen atoms in total. The van der Waals surface area contributed by atoms with Gasteiger partial charge in [0.05, 0.1) is 5.75 Å². The first-order valence-electron chi connectivity index (χ1n) is 6.06. The zero-order valence-electron chi connectivity index (χ0n) is 11.4. The SMILES string of the molecule is CC(C)SCC(=O)c1ccc(C(C)(C)C)cc1. The van der Waals surface area contributed by atoms with Gasteiger partial charge < -0.3 is 0 Å². The highest BCUT2D eigenvalue weighted by Gasteiger charge is 2.14. The standard InChI is InChI=1S/C15H22OS/c1-11(2)17-10-14(16)12-6-8-13(9-7-12)15(3,4)5/h6-9,11H,10H2,1-5H3. The third-order valence-electron chi connectivity index (χ3n) is 2.62. The summed E-state index contributed by atoms with van der Waals surface area (Å²) in [5.74, 6) is 0.802. The van der Waals surface area contributed by atoms with Gasteiger partial charge >= 0.3 is 0 Å². The first kappa shape index (κ1) is 14.3. The van der Waals surface area contributed by atoms with Gasteiger partial charge in [0.25, 0.3) is 0 Å². The molecule has 0 saturated carbocycles. The quantitative estimate of drug-likeness (QED) is 0.741. The zero-order valence-corrected chi connectivity index (χ0v) is 12.2. The molecule has 0 radical (unpaired) electrons. The Labute approximate surface area is 109 Å². The first-order valence-corrected chi connectivity index (χ1v) is 7.11. The minimum Gasteiger partial charge on any atom is -0.293 e. The second-order valence-corrected chi connectivity index (χ2v) is 7.18. The number of Topliss-reactive ketones (excluding diaryl/α,β-unsaturated/α-hetero) is 1. The lowest BCUT2D eigenvalue weighted by molar-refractivity contribution is 0.102. The Balaban J connectivity index is 2.71. The number of thioether (sulfide) groups is 1. The fraction of sp³-hybridized carbons (Fsp3) is 0.533. The lowest BCUT2D eigenvalue weighted by Crippen LogP contribution is -2.11. The fourth-order valence-corrected chi connectivity index (χ4v) is 2.13. The molecule has 0 aliphatic rings. The van der Waals surface area contributed by atoms with Gasteiger partial charge in [0, 0.05) is 5.56 Å². The molecule has 0 atom stereocenters. The van der Waals surface area contributed by atoms with Gasteiger partial charge in [-0.3, -0.25) is 4.79 Å². The zero-order chi connectivity index (χ0) is 13.1. The van der Waals surface area contributed by atoms with Crippen LogP contribution in [0.2, 0.25) is 0 Å². The molecule has 0 bridgehead atoms. The monoisotopic (exact) mass is 250 g/mol. The van der Waals surface area contributed by atoms with E-state index in [1.54, 1.807) is 11.8 Å². The number of rotatable bonds is 4. The molecule has 0 aromatic heterocycles. The third kappa shape index (κ3) is 4.55. The Hall–Kier alpha value is -0.760.